The Morgan fingerprint density at radius 2 is 2.39 bits per heavy atom. The Bertz CT molecular complexity index is 372. The first-order valence-electron chi connectivity index (χ1n) is 6.34. The van der Waals surface area contributed by atoms with Gasteiger partial charge in [-0.3, -0.25) is 0 Å². The third-order valence-electron chi connectivity index (χ3n) is 3.13. The molecule has 0 aliphatic carbocycles. The van der Waals surface area contributed by atoms with Crippen molar-refractivity contribution >= 4 is 0 Å². The summed E-state index contributed by atoms with van der Waals surface area (Å²) < 4.78 is 15.8. The van der Waals surface area contributed by atoms with Gasteiger partial charge in [-0.05, 0) is 26.2 Å². The summed E-state index contributed by atoms with van der Waals surface area (Å²) in [4.78, 5) is 4.32. The highest BCUT2D eigenvalue weighted by molar-refractivity contribution is 5.01. The number of hydrogen-bond donors (Lipinski definition) is 1. The van der Waals surface area contributed by atoms with E-state index in [0.717, 1.165) is 32.3 Å². The summed E-state index contributed by atoms with van der Waals surface area (Å²) >= 11 is 0. The monoisotopic (exact) mass is 255 g/mol. The van der Waals surface area contributed by atoms with Gasteiger partial charge in [0.2, 0.25) is 5.89 Å². The first-order valence-corrected chi connectivity index (χ1v) is 6.34. The van der Waals surface area contributed by atoms with Crippen molar-refractivity contribution in [3.63, 3.8) is 0 Å². The van der Waals surface area contributed by atoms with Crippen LogP contribution < -0.4 is 5.73 Å². The molecule has 102 valence electrons. The van der Waals surface area contributed by atoms with Crippen LogP contribution >= 0.6 is 0 Å². The zero-order valence-electron chi connectivity index (χ0n) is 11.0. The van der Waals surface area contributed by atoms with Crippen LogP contribution in [0.3, 0.4) is 0 Å². The van der Waals surface area contributed by atoms with Crippen molar-refractivity contribution in [2.45, 2.75) is 44.2 Å². The van der Waals surface area contributed by atoms with E-state index in [1.165, 1.54) is 0 Å². The number of nitrogens with two attached hydrogens (primary N) is 1. The normalized spacial score (nSPS) is 23.2. The van der Waals surface area contributed by atoms with Crippen LogP contribution in [0, 0.1) is 0 Å². The fourth-order valence-electron chi connectivity index (χ4n) is 2.11. The number of aromatic nitrogens is 2. The molecule has 1 aliphatic rings. The molecule has 0 bridgehead atoms. The van der Waals surface area contributed by atoms with E-state index in [-0.39, 0.29) is 0 Å². The highest BCUT2D eigenvalue weighted by atomic mass is 16.5. The van der Waals surface area contributed by atoms with Crippen molar-refractivity contribution in [1.29, 1.82) is 0 Å². The predicted molar refractivity (Wildman–Crippen MR) is 65.0 cm³/mol. The van der Waals surface area contributed by atoms with Crippen molar-refractivity contribution in [3.8, 4) is 0 Å². The van der Waals surface area contributed by atoms with Gasteiger partial charge in [-0.2, -0.15) is 4.98 Å². The van der Waals surface area contributed by atoms with Gasteiger partial charge in [0.05, 0.1) is 12.7 Å². The van der Waals surface area contributed by atoms with Gasteiger partial charge in [-0.1, -0.05) is 5.16 Å². The average molecular weight is 255 g/mol. The molecule has 1 saturated heterocycles. The summed E-state index contributed by atoms with van der Waals surface area (Å²) in [7, 11) is 1.60. The zero-order chi connectivity index (χ0) is 13.0. The topological polar surface area (TPSA) is 83.4 Å². The number of rotatable bonds is 6. The van der Waals surface area contributed by atoms with Gasteiger partial charge in [0.15, 0.2) is 5.82 Å². The Labute approximate surface area is 107 Å². The molecule has 2 N–H and O–H groups in total. The maximum absolute atomic E-state index is 6.05. The predicted octanol–water partition coefficient (Wildman–Crippen LogP) is 1.00. The van der Waals surface area contributed by atoms with Gasteiger partial charge in [-0.15, -0.1) is 0 Å². The summed E-state index contributed by atoms with van der Waals surface area (Å²) in [5.74, 6) is 1.11. The molecule has 1 aliphatic heterocycles. The molecule has 2 rings (SSSR count). The summed E-state index contributed by atoms with van der Waals surface area (Å²) in [6.07, 6.45) is 4.27. The molecule has 6 heteroatoms. The maximum Gasteiger partial charge on any atom is 0.226 e. The third kappa shape index (κ3) is 3.28. The Morgan fingerprint density at radius 3 is 3.06 bits per heavy atom. The van der Waals surface area contributed by atoms with Gasteiger partial charge in [-0.25, -0.2) is 0 Å². The van der Waals surface area contributed by atoms with Crippen LogP contribution in [0.2, 0.25) is 0 Å². The second-order valence-corrected chi connectivity index (χ2v) is 5.04. The maximum atomic E-state index is 6.05. The number of methoxy groups -OCH3 is 1. The molecule has 2 heterocycles. The van der Waals surface area contributed by atoms with Crippen LogP contribution in [0.25, 0.3) is 0 Å². The molecule has 1 aromatic heterocycles. The molecular formula is C12H21N3O3. The van der Waals surface area contributed by atoms with Crippen LogP contribution in [0.1, 0.15) is 37.9 Å². The van der Waals surface area contributed by atoms with Crippen LogP contribution in [-0.2, 0) is 21.4 Å². The average Bonchev–Trinajstić information content (AvgIpc) is 2.98. The lowest BCUT2D eigenvalue weighted by Crippen LogP contribution is -2.39. The number of hydrogen-bond acceptors (Lipinski definition) is 6. The minimum Gasteiger partial charge on any atom is -0.382 e. The van der Waals surface area contributed by atoms with E-state index in [2.05, 4.69) is 10.1 Å². The molecule has 1 fully saturated rings. The molecule has 6 nitrogen and oxygen atoms in total. The van der Waals surface area contributed by atoms with E-state index in [0.29, 0.717) is 24.4 Å². The van der Waals surface area contributed by atoms with E-state index in [1.54, 1.807) is 7.11 Å². The first-order chi connectivity index (χ1) is 8.62. The molecule has 1 aromatic rings. The van der Waals surface area contributed by atoms with E-state index < -0.39 is 5.54 Å². The molecule has 0 saturated carbocycles. The van der Waals surface area contributed by atoms with Crippen molar-refractivity contribution in [2.75, 3.05) is 20.3 Å². The van der Waals surface area contributed by atoms with E-state index in [4.69, 9.17) is 19.7 Å². The summed E-state index contributed by atoms with van der Waals surface area (Å²) in [5, 5.41) is 3.92. The number of nitrogens with zero attached hydrogens (tertiary/aromatic N) is 2. The fourth-order valence-corrected chi connectivity index (χ4v) is 2.11. The van der Waals surface area contributed by atoms with Gasteiger partial charge < -0.3 is 19.7 Å². The fraction of sp³-hybridized carbons (Fsp3) is 0.833. The lowest BCUT2D eigenvalue weighted by atomic mass is 10.1. The second-order valence-electron chi connectivity index (χ2n) is 5.04. The van der Waals surface area contributed by atoms with Gasteiger partial charge in [0, 0.05) is 20.1 Å². The highest BCUT2D eigenvalue weighted by Crippen LogP contribution is 2.19. The van der Waals surface area contributed by atoms with E-state index in [1.807, 2.05) is 6.92 Å². The van der Waals surface area contributed by atoms with Gasteiger partial charge in [0.25, 0.3) is 0 Å². The quantitative estimate of drug-likeness (QED) is 0.816. The second kappa shape index (κ2) is 5.77. The molecule has 0 amide bonds. The lowest BCUT2D eigenvalue weighted by Gasteiger charge is -2.18. The van der Waals surface area contributed by atoms with Crippen LogP contribution in [-0.4, -0.2) is 36.6 Å². The number of aryl methyl sites for hydroxylation is 1. The number of ether oxygens (including phenoxy) is 2. The summed E-state index contributed by atoms with van der Waals surface area (Å²) in [6.45, 7) is 3.05. The van der Waals surface area contributed by atoms with Crippen LogP contribution in [0.15, 0.2) is 4.52 Å². The van der Waals surface area contributed by atoms with Gasteiger partial charge >= 0.3 is 0 Å². The zero-order valence-corrected chi connectivity index (χ0v) is 11.0. The summed E-state index contributed by atoms with van der Waals surface area (Å²) in [6, 6.07) is 0. The van der Waals surface area contributed by atoms with Crippen LogP contribution in [0.4, 0.5) is 0 Å². The molecule has 2 unspecified atom stereocenters. The lowest BCUT2D eigenvalue weighted by molar-refractivity contribution is 0.102. The van der Waals surface area contributed by atoms with Crippen molar-refractivity contribution in [1.82, 2.24) is 10.1 Å². The molecule has 18 heavy (non-hydrogen) atoms. The molecule has 0 aromatic carbocycles. The first kappa shape index (κ1) is 13.5. The third-order valence-corrected chi connectivity index (χ3v) is 3.13. The van der Waals surface area contributed by atoms with Crippen molar-refractivity contribution in [3.05, 3.63) is 11.7 Å². The van der Waals surface area contributed by atoms with Gasteiger partial charge in [0.1, 0.15) is 5.54 Å². The minimum absolute atomic E-state index is 0.337. The minimum atomic E-state index is -0.708. The Hall–Kier alpha value is -0.980. The van der Waals surface area contributed by atoms with E-state index in [9.17, 15) is 0 Å². The largest absolute Gasteiger partial charge is 0.382 e. The smallest absolute Gasteiger partial charge is 0.226 e. The van der Waals surface area contributed by atoms with Crippen LogP contribution in [0.5, 0.6) is 0 Å². The van der Waals surface area contributed by atoms with Crippen molar-refractivity contribution in [2.24, 2.45) is 5.73 Å². The van der Waals surface area contributed by atoms with E-state index >= 15 is 0 Å². The summed E-state index contributed by atoms with van der Waals surface area (Å²) in [5.41, 5.74) is 5.34. The standard InChI is InChI=1S/C12H21N3O3/c1-12(13,8-16-2)11-14-10(18-15-11)6-5-9-4-3-7-17-9/h9H,3-8,13H2,1-2H3. The molecule has 2 atom stereocenters. The molecule has 0 radical (unpaired) electrons. The molecular weight excluding hydrogens is 234 g/mol. The highest BCUT2D eigenvalue weighted by Gasteiger charge is 2.27. The SMILES string of the molecule is COCC(C)(N)c1noc(CCC2CCCO2)n1. The van der Waals surface area contributed by atoms with Crippen molar-refractivity contribution < 1.29 is 14.0 Å². The Balaban J connectivity index is 1.89. The Kier molecular flexibility index (Phi) is 4.31. The Morgan fingerprint density at radius 1 is 1.56 bits per heavy atom. The molecule has 0 spiro atoms.